The number of fused-ring (bicyclic) bond motifs is 2. The SMILES string of the molecule is CC(=O)O[C@@H](c1ccc(C#N)cc1)[C@@H](C(=O)Nc1cccc2cccnc12)N1C(=O)c2ccccc2C1=O. The third-order valence-electron chi connectivity index (χ3n) is 6.21. The second kappa shape index (κ2) is 9.95. The van der Waals surface area contributed by atoms with E-state index < -0.39 is 35.8 Å². The Balaban J connectivity index is 1.63. The number of esters is 1. The normalized spacial score (nSPS) is 13.9. The van der Waals surface area contributed by atoms with Crippen LogP contribution in [0.2, 0.25) is 0 Å². The fraction of sp³-hybridized carbons (Fsp3) is 0.103. The van der Waals surface area contributed by atoms with E-state index in [1.165, 1.54) is 43.3 Å². The number of anilines is 1. The zero-order valence-corrected chi connectivity index (χ0v) is 20.1. The van der Waals surface area contributed by atoms with E-state index in [4.69, 9.17) is 4.74 Å². The van der Waals surface area contributed by atoms with E-state index in [-0.39, 0.29) is 11.1 Å². The van der Waals surface area contributed by atoms with Crippen molar-refractivity contribution in [3.05, 3.63) is 107 Å². The topological polar surface area (TPSA) is 129 Å². The second-order valence-electron chi connectivity index (χ2n) is 8.60. The monoisotopic (exact) mass is 504 g/mol. The lowest BCUT2D eigenvalue weighted by Crippen LogP contribution is -2.51. The van der Waals surface area contributed by atoms with Gasteiger partial charge in [-0.2, -0.15) is 5.26 Å². The number of carbonyl (C=O) groups is 4. The van der Waals surface area contributed by atoms with Gasteiger partial charge in [-0.25, -0.2) is 0 Å². The van der Waals surface area contributed by atoms with Crippen LogP contribution in [0.15, 0.2) is 85.1 Å². The Morgan fingerprint density at radius 1 is 0.921 bits per heavy atom. The average molecular weight is 505 g/mol. The van der Waals surface area contributed by atoms with Crippen LogP contribution < -0.4 is 5.32 Å². The van der Waals surface area contributed by atoms with Gasteiger partial charge >= 0.3 is 5.97 Å². The molecule has 9 heteroatoms. The first kappa shape index (κ1) is 24.3. The van der Waals surface area contributed by atoms with Gasteiger partial charge < -0.3 is 10.1 Å². The maximum atomic E-state index is 14.0. The van der Waals surface area contributed by atoms with E-state index >= 15 is 0 Å². The summed E-state index contributed by atoms with van der Waals surface area (Å²) in [5.74, 6) is -2.85. The summed E-state index contributed by atoms with van der Waals surface area (Å²) in [7, 11) is 0. The molecule has 4 aromatic rings. The van der Waals surface area contributed by atoms with Gasteiger partial charge in [0.05, 0.1) is 34.0 Å². The summed E-state index contributed by atoms with van der Waals surface area (Å²) in [4.78, 5) is 58.3. The van der Waals surface area contributed by atoms with E-state index in [0.29, 0.717) is 22.3 Å². The number of nitriles is 1. The maximum Gasteiger partial charge on any atom is 0.303 e. The van der Waals surface area contributed by atoms with Gasteiger partial charge in [-0.05, 0) is 42.0 Å². The molecule has 1 aliphatic rings. The predicted molar refractivity (Wildman–Crippen MR) is 137 cm³/mol. The molecule has 0 bridgehead atoms. The van der Waals surface area contributed by atoms with Crippen LogP contribution in [0.5, 0.6) is 0 Å². The fourth-order valence-corrected chi connectivity index (χ4v) is 4.50. The summed E-state index contributed by atoms with van der Waals surface area (Å²) >= 11 is 0. The lowest BCUT2D eigenvalue weighted by atomic mass is 9.98. The second-order valence-corrected chi connectivity index (χ2v) is 8.60. The van der Waals surface area contributed by atoms with Crippen molar-refractivity contribution in [2.75, 3.05) is 5.32 Å². The molecule has 0 fully saturated rings. The Kier molecular flexibility index (Phi) is 6.37. The largest absolute Gasteiger partial charge is 0.455 e. The summed E-state index contributed by atoms with van der Waals surface area (Å²) in [5.41, 5.74) is 1.82. The van der Waals surface area contributed by atoms with Crippen molar-refractivity contribution in [3.8, 4) is 6.07 Å². The smallest absolute Gasteiger partial charge is 0.303 e. The Hall–Kier alpha value is -5.36. The first-order chi connectivity index (χ1) is 18.4. The molecule has 3 amide bonds. The van der Waals surface area contributed by atoms with E-state index in [0.717, 1.165) is 10.3 Å². The molecule has 1 aliphatic heterocycles. The number of imide groups is 1. The maximum absolute atomic E-state index is 14.0. The van der Waals surface area contributed by atoms with E-state index in [2.05, 4.69) is 10.3 Å². The van der Waals surface area contributed by atoms with Crippen LogP contribution in [0, 0.1) is 11.3 Å². The highest BCUT2D eigenvalue weighted by molar-refractivity contribution is 6.23. The number of para-hydroxylation sites is 1. The first-order valence-electron chi connectivity index (χ1n) is 11.7. The van der Waals surface area contributed by atoms with Crippen LogP contribution in [0.3, 0.4) is 0 Å². The number of ether oxygens (including phenoxy) is 1. The molecule has 0 radical (unpaired) electrons. The molecule has 0 unspecified atom stereocenters. The van der Waals surface area contributed by atoms with Gasteiger partial charge in [-0.15, -0.1) is 0 Å². The van der Waals surface area contributed by atoms with Crippen molar-refractivity contribution < 1.29 is 23.9 Å². The molecule has 0 aliphatic carbocycles. The number of carbonyl (C=O) groups excluding carboxylic acids is 4. The first-order valence-corrected chi connectivity index (χ1v) is 11.7. The third-order valence-corrected chi connectivity index (χ3v) is 6.21. The molecule has 9 nitrogen and oxygen atoms in total. The Morgan fingerprint density at radius 2 is 1.58 bits per heavy atom. The number of aromatic nitrogens is 1. The van der Waals surface area contributed by atoms with Gasteiger partial charge in [-0.3, -0.25) is 29.1 Å². The molecule has 186 valence electrons. The van der Waals surface area contributed by atoms with Crippen LogP contribution in [0.1, 0.15) is 44.9 Å². The lowest BCUT2D eigenvalue weighted by molar-refractivity contribution is -0.151. The minimum Gasteiger partial charge on any atom is -0.455 e. The van der Waals surface area contributed by atoms with Crippen molar-refractivity contribution in [2.45, 2.75) is 19.1 Å². The summed E-state index contributed by atoms with van der Waals surface area (Å²) in [6.45, 7) is 1.17. The quantitative estimate of drug-likeness (QED) is 0.310. The average Bonchev–Trinajstić information content (AvgIpc) is 3.18. The summed E-state index contributed by atoms with van der Waals surface area (Å²) in [5, 5.41) is 12.8. The molecule has 0 saturated heterocycles. The summed E-state index contributed by atoms with van der Waals surface area (Å²) < 4.78 is 5.58. The number of benzene rings is 3. The van der Waals surface area contributed by atoms with Crippen molar-refractivity contribution in [1.82, 2.24) is 9.88 Å². The molecule has 2 atom stereocenters. The molecule has 2 heterocycles. The van der Waals surface area contributed by atoms with E-state index in [1.54, 1.807) is 36.5 Å². The molecular weight excluding hydrogens is 484 g/mol. The highest BCUT2D eigenvalue weighted by Gasteiger charge is 2.48. The Labute approximate surface area is 217 Å². The van der Waals surface area contributed by atoms with Crippen molar-refractivity contribution in [2.24, 2.45) is 0 Å². The molecule has 0 spiro atoms. The van der Waals surface area contributed by atoms with Crippen LogP contribution in [-0.2, 0) is 14.3 Å². The van der Waals surface area contributed by atoms with Crippen LogP contribution in [0.4, 0.5) is 5.69 Å². The lowest BCUT2D eigenvalue weighted by Gasteiger charge is -2.32. The molecule has 0 saturated carbocycles. The minimum atomic E-state index is -1.57. The summed E-state index contributed by atoms with van der Waals surface area (Å²) in [6, 6.07) is 21.5. The van der Waals surface area contributed by atoms with Gasteiger partial charge in [0.2, 0.25) is 0 Å². The molecule has 1 aromatic heterocycles. The van der Waals surface area contributed by atoms with Gasteiger partial charge in [0.25, 0.3) is 17.7 Å². The standard InChI is InChI=1S/C29H20N4O5/c1-17(34)38-26(20-13-11-18(16-30)12-14-20)25(33-28(36)21-8-2-3-9-22(21)29(33)37)27(35)32-23-10-4-6-19-7-5-15-31-24(19)23/h2-15,25-26H,1H3,(H,32,35)/t25-,26-/m0/s1. The van der Waals surface area contributed by atoms with Crippen molar-refractivity contribution in [1.29, 1.82) is 5.26 Å². The highest BCUT2D eigenvalue weighted by atomic mass is 16.5. The minimum absolute atomic E-state index is 0.142. The van der Waals surface area contributed by atoms with Gasteiger partial charge in [0.15, 0.2) is 12.1 Å². The number of nitrogens with one attached hydrogen (secondary N) is 1. The fourth-order valence-electron chi connectivity index (χ4n) is 4.50. The molecule has 5 rings (SSSR count). The van der Waals surface area contributed by atoms with E-state index in [1.807, 2.05) is 18.2 Å². The highest BCUT2D eigenvalue weighted by Crippen LogP contribution is 2.34. The number of pyridine rings is 1. The van der Waals surface area contributed by atoms with Crippen LogP contribution in [0.25, 0.3) is 10.9 Å². The van der Waals surface area contributed by atoms with Gasteiger partial charge in [-0.1, -0.05) is 42.5 Å². The molecule has 1 N–H and O–H groups in total. The molecule has 38 heavy (non-hydrogen) atoms. The number of hydrogen-bond acceptors (Lipinski definition) is 7. The van der Waals surface area contributed by atoms with Gasteiger partial charge in [0, 0.05) is 18.5 Å². The molecule has 3 aromatic carbocycles. The van der Waals surface area contributed by atoms with Gasteiger partial charge in [0.1, 0.15) is 0 Å². The third kappa shape index (κ3) is 4.35. The van der Waals surface area contributed by atoms with E-state index in [9.17, 15) is 24.4 Å². The van der Waals surface area contributed by atoms with Crippen molar-refractivity contribution >= 4 is 40.3 Å². The number of nitrogens with zero attached hydrogens (tertiary/aromatic N) is 3. The van der Waals surface area contributed by atoms with Crippen LogP contribution in [-0.4, -0.2) is 39.6 Å². The summed E-state index contributed by atoms with van der Waals surface area (Å²) in [6.07, 6.45) is 0.225. The van der Waals surface area contributed by atoms with Crippen LogP contribution >= 0.6 is 0 Å². The Bertz CT molecular complexity index is 1600. The number of amides is 3. The van der Waals surface area contributed by atoms with Crippen molar-refractivity contribution in [3.63, 3.8) is 0 Å². The number of rotatable bonds is 6. The molecular formula is C29H20N4O5. The zero-order chi connectivity index (χ0) is 26.8. The number of hydrogen-bond donors (Lipinski definition) is 1. The Morgan fingerprint density at radius 3 is 2.21 bits per heavy atom. The zero-order valence-electron chi connectivity index (χ0n) is 20.1. The predicted octanol–water partition coefficient (Wildman–Crippen LogP) is 4.01.